The van der Waals surface area contributed by atoms with Crippen molar-refractivity contribution in [3.8, 4) is 5.75 Å². The molecule has 136 valence electrons. The van der Waals surface area contributed by atoms with Gasteiger partial charge >= 0.3 is 0 Å². The number of fused-ring (bicyclic) bond motifs is 1. The second kappa shape index (κ2) is 6.16. The van der Waals surface area contributed by atoms with Crippen LogP contribution in [0.2, 0.25) is 0 Å². The van der Waals surface area contributed by atoms with Crippen LogP contribution in [0.4, 0.5) is 5.95 Å². The summed E-state index contributed by atoms with van der Waals surface area (Å²) in [6, 6.07) is 6.67. The standard InChI is InChI=1S/C19H22N4O2S/c1-4-26-18-21-17-20-13-9-19(2,3)10-14(25)15(13)16(23(17)22-18)11-5-7-12(24)8-6-11/h5-8,16,24H,4,9-10H2,1-3H3,(H,20,21,22)/t16-/m1/s1. The van der Waals surface area contributed by atoms with Gasteiger partial charge in [0.1, 0.15) is 11.8 Å². The number of Topliss-reactive ketones (excluding diaryl/α,β-unsaturated/α-hetero) is 1. The van der Waals surface area contributed by atoms with Crippen LogP contribution >= 0.6 is 11.8 Å². The summed E-state index contributed by atoms with van der Waals surface area (Å²) in [4.78, 5) is 17.6. The van der Waals surface area contributed by atoms with Crippen LogP contribution in [0.25, 0.3) is 0 Å². The van der Waals surface area contributed by atoms with Gasteiger partial charge in [0.15, 0.2) is 5.78 Å². The van der Waals surface area contributed by atoms with Gasteiger partial charge in [-0.3, -0.25) is 4.79 Å². The van der Waals surface area contributed by atoms with Crippen molar-refractivity contribution in [2.24, 2.45) is 5.41 Å². The fourth-order valence-corrected chi connectivity index (χ4v) is 4.30. The van der Waals surface area contributed by atoms with Gasteiger partial charge in [-0.1, -0.05) is 44.7 Å². The van der Waals surface area contributed by atoms with Gasteiger partial charge in [0.25, 0.3) is 0 Å². The Hall–Kier alpha value is -2.28. The number of carbonyl (C=O) groups is 1. The summed E-state index contributed by atoms with van der Waals surface area (Å²) in [7, 11) is 0. The molecular weight excluding hydrogens is 348 g/mol. The first-order valence-corrected chi connectivity index (χ1v) is 9.78. The van der Waals surface area contributed by atoms with Crippen LogP contribution in [-0.2, 0) is 4.79 Å². The number of aromatic hydroxyl groups is 1. The van der Waals surface area contributed by atoms with Crippen LogP contribution in [0.15, 0.2) is 40.7 Å². The van der Waals surface area contributed by atoms with Gasteiger partial charge in [-0.2, -0.15) is 4.98 Å². The molecule has 2 aromatic rings. The lowest BCUT2D eigenvalue weighted by molar-refractivity contribution is -0.118. The van der Waals surface area contributed by atoms with E-state index in [1.54, 1.807) is 28.6 Å². The Morgan fingerprint density at radius 2 is 2.04 bits per heavy atom. The molecule has 0 fully saturated rings. The van der Waals surface area contributed by atoms with E-state index in [1.807, 2.05) is 12.1 Å². The Bertz CT molecular complexity index is 899. The molecule has 1 aliphatic carbocycles. The molecule has 0 saturated carbocycles. The highest BCUT2D eigenvalue weighted by molar-refractivity contribution is 7.99. The highest BCUT2D eigenvalue weighted by Crippen LogP contribution is 2.45. The van der Waals surface area contributed by atoms with Gasteiger partial charge in [0.2, 0.25) is 11.1 Å². The van der Waals surface area contributed by atoms with Crippen molar-refractivity contribution in [1.29, 1.82) is 0 Å². The molecule has 0 unspecified atom stereocenters. The van der Waals surface area contributed by atoms with E-state index in [9.17, 15) is 9.90 Å². The Morgan fingerprint density at radius 3 is 2.73 bits per heavy atom. The van der Waals surface area contributed by atoms with Crippen molar-refractivity contribution in [2.75, 3.05) is 11.1 Å². The number of hydrogen-bond acceptors (Lipinski definition) is 6. The van der Waals surface area contributed by atoms with Crippen LogP contribution in [0.3, 0.4) is 0 Å². The van der Waals surface area contributed by atoms with E-state index < -0.39 is 0 Å². The number of aromatic nitrogens is 3. The minimum absolute atomic E-state index is 0.0778. The number of nitrogens with zero attached hydrogens (tertiary/aromatic N) is 3. The highest BCUT2D eigenvalue weighted by atomic mass is 32.2. The van der Waals surface area contributed by atoms with Crippen LogP contribution < -0.4 is 5.32 Å². The normalized spacial score (nSPS) is 21.2. The molecule has 0 radical (unpaired) electrons. The predicted molar refractivity (Wildman–Crippen MR) is 101 cm³/mol. The molecule has 0 saturated heterocycles. The second-order valence-electron chi connectivity index (χ2n) is 7.55. The fourth-order valence-electron chi connectivity index (χ4n) is 3.74. The monoisotopic (exact) mass is 370 g/mol. The number of rotatable bonds is 3. The van der Waals surface area contributed by atoms with E-state index in [0.29, 0.717) is 17.5 Å². The lowest BCUT2D eigenvalue weighted by Crippen LogP contribution is -2.36. The van der Waals surface area contributed by atoms with Gasteiger partial charge in [-0.15, -0.1) is 5.10 Å². The maximum absolute atomic E-state index is 13.0. The van der Waals surface area contributed by atoms with Crippen LogP contribution in [0.1, 0.15) is 45.2 Å². The predicted octanol–water partition coefficient (Wildman–Crippen LogP) is 3.75. The third-order valence-corrected chi connectivity index (χ3v) is 5.51. The van der Waals surface area contributed by atoms with Crippen molar-refractivity contribution >= 4 is 23.5 Å². The minimum Gasteiger partial charge on any atom is -0.508 e. The third kappa shape index (κ3) is 2.90. The fraction of sp³-hybridized carbons (Fsp3) is 0.421. The second-order valence-corrected chi connectivity index (χ2v) is 8.78. The summed E-state index contributed by atoms with van der Waals surface area (Å²) in [6.07, 6.45) is 1.31. The molecule has 2 aliphatic rings. The summed E-state index contributed by atoms with van der Waals surface area (Å²) >= 11 is 1.58. The van der Waals surface area contributed by atoms with E-state index in [4.69, 9.17) is 0 Å². The van der Waals surface area contributed by atoms with Crippen molar-refractivity contribution < 1.29 is 9.90 Å². The minimum atomic E-state index is -0.316. The van der Waals surface area contributed by atoms with E-state index in [2.05, 4.69) is 36.2 Å². The highest BCUT2D eigenvalue weighted by Gasteiger charge is 2.41. The molecule has 1 aliphatic heterocycles. The molecule has 0 amide bonds. The molecule has 4 rings (SSSR count). The third-order valence-electron chi connectivity index (χ3n) is 4.79. The Balaban J connectivity index is 1.87. The van der Waals surface area contributed by atoms with Crippen molar-refractivity contribution in [1.82, 2.24) is 14.8 Å². The number of allylic oxidation sites excluding steroid dienone is 2. The summed E-state index contributed by atoms with van der Waals surface area (Å²) < 4.78 is 1.80. The molecule has 1 aromatic heterocycles. The molecule has 26 heavy (non-hydrogen) atoms. The number of hydrogen-bond donors (Lipinski definition) is 2. The Kier molecular flexibility index (Phi) is 4.06. The van der Waals surface area contributed by atoms with Crippen molar-refractivity contribution in [2.45, 2.75) is 44.8 Å². The summed E-state index contributed by atoms with van der Waals surface area (Å²) in [6.45, 7) is 6.29. The molecule has 2 N–H and O–H groups in total. The van der Waals surface area contributed by atoms with Crippen LogP contribution in [-0.4, -0.2) is 31.4 Å². The number of thioether (sulfide) groups is 1. The summed E-state index contributed by atoms with van der Waals surface area (Å²) in [5.41, 5.74) is 2.55. The summed E-state index contributed by atoms with van der Waals surface area (Å²) in [5, 5.41) is 18.3. The van der Waals surface area contributed by atoms with Gasteiger partial charge in [0, 0.05) is 17.7 Å². The zero-order chi connectivity index (χ0) is 18.5. The number of anilines is 1. The molecule has 6 nitrogen and oxygen atoms in total. The van der Waals surface area contributed by atoms with Crippen LogP contribution in [0, 0.1) is 5.41 Å². The molecule has 7 heteroatoms. The number of phenols is 1. The summed E-state index contributed by atoms with van der Waals surface area (Å²) in [5.74, 6) is 1.90. The van der Waals surface area contributed by atoms with E-state index in [-0.39, 0.29) is 23.0 Å². The van der Waals surface area contributed by atoms with E-state index >= 15 is 0 Å². The number of nitrogens with one attached hydrogen (secondary N) is 1. The molecule has 2 heterocycles. The van der Waals surface area contributed by atoms with Crippen LogP contribution in [0.5, 0.6) is 5.75 Å². The first kappa shape index (κ1) is 17.1. The average molecular weight is 370 g/mol. The molecule has 1 atom stereocenters. The first-order chi connectivity index (χ1) is 12.4. The van der Waals surface area contributed by atoms with Crippen molar-refractivity contribution in [3.05, 3.63) is 41.1 Å². The molecular formula is C19H22N4O2S. The first-order valence-electron chi connectivity index (χ1n) is 8.79. The largest absolute Gasteiger partial charge is 0.508 e. The Labute approximate surface area is 156 Å². The lowest BCUT2D eigenvalue weighted by Gasteiger charge is -2.38. The van der Waals surface area contributed by atoms with Crippen molar-refractivity contribution in [3.63, 3.8) is 0 Å². The zero-order valence-electron chi connectivity index (χ0n) is 15.1. The number of carbonyl (C=O) groups excluding carboxylic acids is 1. The smallest absolute Gasteiger partial charge is 0.227 e. The van der Waals surface area contributed by atoms with Gasteiger partial charge in [-0.25, -0.2) is 4.68 Å². The number of ketones is 1. The lowest BCUT2D eigenvalue weighted by atomic mass is 9.73. The quantitative estimate of drug-likeness (QED) is 0.801. The molecule has 1 aromatic carbocycles. The Morgan fingerprint density at radius 1 is 1.31 bits per heavy atom. The van der Waals surface area contributed by atoms with E-state index in [0.717, 1.165) is 29.0 Å². The molecule has 0 spiro atoms. The number of benzene rings is 1. The maximum atomic E-state index is 13.0. The maximum Gasteiger partial charge on any atom is 0.227 e. The van der Waals surface area contributed by atoms with E-state index in [1.165, 1.54) is 0 Å². The van der Waals surface area contributed by atoms with Gasteiger partial charge < -0.3 is 10.4 Å². The topological polar surface area (TPSA) is 80.0 Å². The SMILES string of the molecule is CCSc1nc2n(n1)[C@H](c1ccc(O)cc1)C1=C(CC(C)(C)CC1=O)N2. The average Bonchev–Trinajstić information content (AvgIpc) is 2.95. The zero-order valence-corrected chi connectivity index (χ0v) is 15.9. The molecule has 0 bridgehead atoms. The number of phenolic OH excluding ortho intramolecular Hbond substituents is 1. The van der Waals surface area contributed by atoms with Gasteiger partial charge in [-0.05, 0) is 35.3 Å². The van der Waals surface area contributed by atoms with Gasteiger partial charge in [0.05, 0.1) is 0 Å².